The van der Waals surface area contributed by atoms with E-state index in [1.165, 1.54) is 4.68 Å². The van der Waals surface area contributed by atoms with Gasteiger partial charge in [-0.1, -0.05) is 25.1 Å². The molecule has 0 atom stereocenters. The summed E-state index contributed by atoms with van der Waals surface area (Å²) in [6, 6.07) is 11.1. The van der Waals surface area contributed by atoms with E-state index in [2.05, 4.69) is 15.3 Å². The van der Waals surface area contributed by atoms with Gasteiger partial charge in [0.05, 0.1) is 12.3 Å². The molecule has 0 unspecified atom stereocenters. The lowest BCUT2D eigenvalue weighted by molar-refractivity contribution is 0.298. The Morgan fingerprint density at radius 1 is 1.23 bits per heavy atom. The van der Waals surface area contributed by atoms with Crippen molar-refractivity contribution in [3.05, 3.63) is 46.8 Å². The van der Waals surface area contributed by atoms with Gasteiger partial charge in [0, 0.05) is 12.6 Å². The standard InChI is InChI=1S/C18H26N4O2.ClH.H2O/c1-4-13-24-17-14-16(19-11-8-12-21(2)3)18(23)22(20-17)15-9-6-5-7-10-15;;/h5-7,9-10,14,19H,4,8,11-13H2,1-3H3;1H;1H2. The number of rotatable bonds is 9. The summed E-state index contributed by atoms with van der Waals surface area (Å²) >= 11 is 0. The van der Waals surface area contributed by atoms with E-state index in [1.54, 1.807) is 6.07 Å². The highest BCUT2D eigenvalue weighted by molar-refractivity contribution is 5.85. The maximum Gasteiger partial charge on any atom is 0.295 e. The fourth-order valence-electron chi connectivity index (χ4n) is 2.24. The van der Waals surface area contributed by atoms with Crippen LogP contribution in [0.25, 0.3) is 5.69 Å². The summed E-state index contributed by atoms with van der Waals surface area (Å²) in [5, 5.41) is 7.55. The highest BCUT2D eigenvalue weighted by Gasteiger charge is 2.10. The van der Waals surface area contributed by atoms with Gasteiger partial charge in [0.25, 0.3) is 5.56 Å². The maximum atomic E-state index is 12.7. The fraction of sp³-hybridized carbons (Fsp3) is 0.444. The summed E-state index contributed by atoms with van der Waals surface area (Å²) in [6.07, 6.45) is 1.84. The molecule has 2 rings (SSSR count). The normalized spacial score (nSPS) is 10.0. The Kier molecular flexibility index (Phi) is 11.3. The molecule has 0 radical (unpaired) electrons. The molecule has 0 aliphatic heterocycles. The van der Waals surface area contributed by atoms with Crippen molar-refractivity contribution in [1.29, 1.82) is 0 Å². The van der Waals surface area contributed by atoms with Gasteiger partial charge < -0.3 is 20.4 Å². The second-order valence-corrected chi connectivity index (χ2v) is 5.88. The molecule has 8 heteroatoms. The molecule has 146 valence electrons. The molecule has 0 amide bonds. The van der Waals surface area contributed by atoms with Crippen molar-refractivity contribution in [3.8, 4) is 11.6 Å². The predicted octanol–water partition coefficient (Wildman–Crippen LogP) is 1.98. The van der Waals surface area contributed by atoms with Crippen molar-refractivity contribution in [1.82, 2.24) is 14.7 Å². The molecule has 7 nitrogen and oxygen atoms in total. The van der Waals surface area contributed by atoms with Gasteiger partial charge in [-0.15, -0.1) is 17.5 Å². The Balaban J connectivity index is 0.00000312. The third-order valence-corrected chi connectivity index (χ3v) is 3.44. The zero-order chi connectivity index (χ0) is 17.4. The number of hydrogen-bond donors (Lipinski definition) is 1. The van der Waals surface area contributed by atoms with Crippen LogP contribution in [-0.2, 0) is 0 Å². The summed E-state index contributed by atoms with van der Waals surface area (Å²) in [5.74, 6) is 0.454. The van der Waals surface area contributed by atoms with Gasteiger partial charge >= 0.3 is 0 Å². The quantitative estimate of drug-likeness (QED) is 0.667. The largest absolute Gasteiger partial charge is 0.477 e. The van der Waals surface area contributed by atoms with Gasteiger partial charge in [-0.2, -0.15) is 4.68 Å². The molecule has 0 aliphatic rings. The molecule has 0 bridgehead atoms. The monoisotopic (exact) mass is 384 g/mol. The van der Waals surface area contributed by atoms with Crippen LogP contribution in [0.3, 0.4) is 0 Å². The number of benzene rings is 1. The van der Waals surface area contributed by atoms with Crippen molar-refractivity contribution in [2.75, 3.05) is 39.1 Å². The van der Waals surface area contributed by atoms with E-state index >= 15 is 0 Å². The van der Waals surface area contributed by atoms with Crippen molar-refractivity contribution in [3.63, 3.8) is 0 Å². The van der Waals surface area contributed by atoms with Crippen LogP contribution >= 0.6 is 12.4 Å². The second-order valence-electron chi connectivity index (χ2n) is 5.88. The molecule has 0 fully saturated rings. The Labute approximate surface area is 160 Å². The third kappa shape index (κ3) is 7.03. The minimum Gasteiger partial charge on any atom is -0.477 e. The average Bonchev–Trinajstić information content (AvgIpc) is 2.59. The molecule has 26 heavy (non-hydrogen) atoms. The second kappa shape index (κ2) is 12.3. The minimum absolute atomic E-state index is 0. The number of hydrogen-bond acceptors (Lipinski definition) is 5. The van der Waals surface area contributed by atoms with E-state index in [9.17, 15) is 4.79 Å². The Morgan fingerprint density at radius 3 is 2.54 bits per heavy atom. The lowest BCUT2D eigenvalue weighted by Crippen LogP contribution is -2.26. The molecule has 0 saturated heterocycles. The highest BCUT2D eigenvalue weighted by atomic mass is 35.5. The van der Waals surface area contributed by atoms with Crippen LogP contribution in [0.15, 0.2) is 41.2 Å². The summed E-state index contributed by atoms with van der Waals surface area (Å²) in [5.41, 5.74) is 1.06. The van der Waals surface area contributed by atoms with E-state index < -0.39 is 0 Å². The first-order chi connectivity index (χ1) is 11.6. The molecule has 0 spiro atoms. The van der Waals surface area contributed by atoms with Gasteiger partial charge in [0.2, 0.25) is 5.88 Å². The first-order valence-corrected chi connectivity index (χ1v) is 8.33. The van der Waals surface area contributed by atoms with Crippen LogP contribution < -0.4 is 15.6 Å². The van der Waals surface area contributed by atoms with Gasteiger partial charge in [-0.3, -0.25) is 4.79 Å². The number of ether oxygens (including phenoxy) is 1. The summed E-state index contributed by atoms with van der Waals surface area (Å²) < 4.78 is 7.03. The molecule has 2 aromatic rings. The minimum atomic E-state index is -0.171. The topological polar surface area (TPSA) is 90.9 Å². The first kappa shape index (κ1) is 23.9. The van der Waals surface area contributed by atoms with Crippen LogP contribution in [-0.4, -0.2) is 53.9 Å². The Hall–Kier alpha value is -2.09. The molecule has 1 aromatic carbocycles. The molecule has 0 saturated carbocycles. The number of nitrogens with one attached hydrogen (secondary N) is 1. The molecule has 0 aliphatic carbocycles. The molecule has 1 heterocycles. The van der Waals surface area contributed by atoms with Crippen LogP contribution in [0, 0.1) is 0 Å². The van der Waals surface area contributed by atoms with Crippen molar-refractivity contribution in [2.45, 2.75) is 19.8 Å². The average molecular weight is 385 g/mol. The molecular formula is C18H29ClN4O3. The first-order valence-electron chi connectivity index (χ1n) is 8.33. The van der Waals surface area contributed by atoms with Crippen LogP contribution in [0.4, 0.5) is 5.69 Å². The third-order valence-electron chi connectivity index (χ3n) is 3.44. The maximum absolute atomic E-state index is 12.7. The molecular weight excluding hydrogens is 356 g/mol. The fourth-order valence-corrected chi connectivity index (χ4v) is 2.24. The summed E-state index contributed by atoms with van der Waals surface area (Å²) in [7, 11) is 4.07. The van der Waals surface area contributed by atoms with Crippen molar-refractivity contribution in [2.24, 2.45) is 0 Å². The number of nitrogens with zero attached hydrogens (tertiary/aromatic N) is 3. The molecule has 3 N–H and O–H groups in total. The van der Waals surface area contributed by atoms with E-state index in [1.807, 2.05) is 51.4 Å². The van der Waals surface area contributed by atoms with E-state index in [0.29, 0.717) is 18.2 Å². The van der Waals surface area contributed by atoms with Gasteiger partial charge in [-0.05, 0) is 45.6 Å². The van der Waals surface area contributed by atoms with Crippen LogP contribution in [0.5, 0.6) is 5.88 Å². The number of halogens is 1. The summed E-state index contributed by atoms with van der Waals surface area (Å²) in [6.45, 7) is 4.29. The number of para-hydroxylation sites is 1. The lowest BCUT2D eigenvalue weighted by Gasteiger charge is -2.13. The van der Waals surface area contributed by atoms with Gasteiger partial charge in [0.1, 0.15) is 5.69 Å². The smallest absolute Gasteiger partial charge is 0.295 e. The summed E-state index contributed by atoms with van der Waals surface area (Å²) in [4.78, 5) is 14.8. The van der Waals surface area contributed by atoms with E-state index in [4.69, 9.17) is 4.74 Å². The van der Waals surface area contributed by atoms with E-state index in [0.717, 1.165) is 31.6 Å². The van der Waals surface area contributed by atoms with Crippen LogP contribution in [0.1, 0.15) is 19.8 Å². The van der Waals surface area contributed by atoms with Crippen molar-refractivity contribution < 1.29 is 10.2 Å². The Bertz CT molecular complexity index is 693. The lowest BCUT2D eigenvalue weighted by atomic mass is 10.3. The SMILES string of the molecule is CCCOc1cc(NCCCN(C)C)c(=O)n(-c2ccccc2)n1.Cl.O. The van der Waals surface area contributed by atoms with E-state index in [-0.39, 0.29) is 23.4 Å². The zero-order valence-corrected chi connectivity index (χ0v) is 16.4. The number of aromatic nitrogens is 2. The predicted molar refractivity (Wildman–Crippen MR) is 108 cm³/mol. The van der Waals surface area contributed by atoms with Crippen molar-refractivity contribution >= 4 is 18.1 Å². The molecule has 1 aromatic heterocycles. The number of anilines is 1. The zero-order valence-electron chi connectivity index (χ0n) is 15.6. The highest BCUT2D eigenvalue weighted by Crippen LogP contribution is 2.13. The Morgan fingerprint density at radius 2 is 1.92 bits per heavy atom. The van der Waals surface area contributed by atoms with Gasteiger partial charge in [-0.25, -0.2) is 0 Å². The van der Waals surface area contributed by atoms with Crippen LogP contribution in [0.2, 0.25) is 0 Å². The van der Waals surface area contributed by atoms with Gasteiger partial charge in [0.15, 0.2) is 0 Å².